The van der Waals surface area contributed by atoms with Gasteiger partial charge in [0.1, 0.15) is 0 Å². The fourth-order valence-corrected chi connectivity index (χ4v) is 4.13. The molecule has 2 aromatic carbocycles. The molecule has 1 aliphatic heterocycles. The summed E-state index contributed by atoms with van der Waals surface area (Å²) >= 11 is 5.07. The van der Waals surface area contributed by atoms with E-state index in [1.165, 1.54) is 0 Å². The molecule has 0 bridgehead atoms. The quantitative estimate of drug-likeness (QED) is 0.687. The van der Waals surface area contributed by atoms with Gasteiger partial charge in [0.25, 0.3) is 5.91 Å². The van der Waals surface area contributed by atoms with Crippen molar-refractivity contribution in [3.63, 3.8) is 0 Å². The molecule has 4 rings (SSSR count). The zero-order valence-electron chi connectivity index (χ0n) is 14.8. The van der Waals surface area contributed by atoms with Crippen molar-refractivity contribution in [1.82, 2.24) is 9.71 Å². The van der Waals surface area contributed by atoms with Crippen molar-refractivity contribution in [1.29, 1.82) is 0 Å². The van der Waals surface area contributed by atoms with E-state index >= 15 is 0 Å². The van der Waals surface area contributed by atoms with Gasteiger partial charge in [0.2, 0.25) is 0 Å². The van der Waals surface area contributed by atoms with Gasteiger partial charge < -0.3 is 5.32 Å². The third kappa shape index (κ3) is 3.91. The molecule has 1 fully saturated rings. The van der Waals surface area contributed by atoms with Crippen molar-refractivity contribution in [2.24, 2.45) is 0 Å². The number of carbonyl (C=O) groups is 1. The van der Waals surface area contributed by atoms with Crippen LogP contribution in [0.2, 0.25) is 5.02 Å². The van der Waals surface area contributed by atoms with Crippen LogP contribution in [0.5, 0.6) is 0 Å². The minimum atomic E-state index is -1.22. The van der Waals surface area contributed by atoms with Crippen molar-refractivity contribution in [3.05, 3.63) is 77.4 Å². The summed E-state index contributed by atoms with van der Waals surface area (Å²) < 4.78 is 16.5. The van der Waals surface area contributed by atoms with Gasteiger partial charge in [-0.15, -0.1) is 0 Å². The highest BCUT2D eigenvalue weighted by atomic mass is 35.5. The van der Waals surface area contributed by atoms with Gasteiger partial charge in [-0.1, -0.05) is 17.7 Å². The molecule has 1 atom stereocenters. The Morgan fingerprint density at radius 2 is 1.96 bits per heavy atom. The van der Waals surface area contributed by atoms with Crippen LogP contribution in [0.1, 0.15) is 10.4 Å². The summed E-state index contributed by atoms with van der Waals surface area (Å²) in [5, 5.41) is 3.45. The van der Waals surface area contributed by atoms with E-state index < -0.39 is 11.2 Å². The lowest BCUT2D eigenvalue weighted by Crippen LogP contribution is -2.22. The number of anilines is 2. The molecule has 142 valence electrons. The molecular formula is C20H17ClN4O2S. The van der Waals surface area contributed by atoms with Crippen molar-refractivity contribution in [2.75, 3.05) is 22.7 Å². The fraction of sp³-hybridized carbons (Fsp3) is 0.100. The zero-order valence-corrected chi connectivity index (χ0v) is 16.3. The van der Waals surface area contributed by atoms with Gasteiger partial charge in [-0.2, -0.15) is 0 Å². The Kier molecular flexibility index (Phi) is 5.38. The molecule has 1 aromatic heterocycles. The maximum atomic E-state index is 12.6. The Balaban J connectivity index is 1.51. The number of aromatic nitrogens is 1. The Hall–Kier alpha value is -2.74. The minimum Gasteiger partial charge on any atom is -0.322 e. The summed E-state index contributed by atoms with van der Waals surface area (Å²) in [5.41, 5.74) is 3.43. The Morgan fingerprint density at radius 3 is 2.64 bits per heavy atom. The normalized spacial score (nSPS) is 16.2. The number of pyridine rings is 1. The van der Waals surface area contributed by atoms with Gasteiger partial charge in [0.15, 0.2) is 11.2 Å². The number of nitrogens with zero attached hydrogens (tertiary/aromatic N) is 2. The topological polar surface area (TPSA) is 74.3 Å². The van der Waals surface area contributed by atoms with Crippen LogP contribution in [0.15, 0.2) is 66.9 Å². The molecule has 0 spiro atoms. The van der Waals surface area contributed by atoms with Gasteiger partial charge in [0.05, 0.1) is 16.4 Å². The zero-order chi connectivity index (χ0) is 19.5. The third-order valence-corrected chi connectivity index (χ3v) is 5.90. The van der Waals surface area contributed by atoms with E-state index in [-0.39, 0.29) is 5.91 Å². The van der Waals surface area contributed by atoms with E-state index in [0.717, 1.165) is 16.9 Å². The summed E-state index contributed by atoms with van der Waals surface area (Å²) in [6.07, 6.45) is 1.70. The Morgan fingerprint density at radius 1 is 1.14 bits per heavy atom. The molecule has 2 heterocycles. The molecule has 0 aliphatic carbocycles. The third-order valence-electron chi connectivity index (χ3n) is 4.32. The second-order valence-electron chi connectivity index (χ2n) is 6.16. The van der Waals surface area contributed by atoms with Crippen LogP contribution in [-0.2, 0) is 11.2 Å². The highest BCUT2D eigenvalue weighted by Gasteiger charge is 2.20. The minimum absolute atomic E-state index is 0.235. The second kappa shape index (κ2) is 8.10. The van der Waals surface area contributed by atoms with Gasteiger partial charge in [0, 0.05) is 36.1 Å². The van der Waals surface area contributed by atoms with Crippen molar-refractivity contribution < 1.29 is 9.00 Å². The number of benzene rings is 2. The maximum absolute atomic E-state index is 12.6. The molecule has 1 aliphatic rings. The van der Waals surface area contributed by atoms with Gasteiger partial charge in [-0.05, 0) is 54.6 Å². The van der Waals surface area contributed by atoms with E-state index in [0.29, 0.717) is 29.4 Å². The first-order valence-electron chi connectivity index (χ1n) is 8.67. The number of halogens is 1. The monoisotopic (exact) mass is 412 g/mol. The number of amides is 1. The molecule has 0 radical (unpaired) electrons. The molecule has 28 heavy (non-hydrogen) atoms. The molecule has 8 heteroatoms. The van der Waals surface area contributed by atoms with E-state index in [1.54, 1.807) is 53.0 Å². The van der Waals surface area contributed by atoms with Crippen LogP contribution in [0.25, 0.3) is 11.3 Å². The van der Waals surface area contributed by atoms with E-state index in [9.17, 15) is 9.00 Å². The van der Waals surface area contributed by atoms with Crippen molar-refractivity contribution >= 4 is 40.1 Å². The van der Waals surface area contributed by atoms with Gasteiger partial charge >= 0.3 is 0 Å². The summed E-state index contributed by atoms with van der Waals surface area (Å²) in [7, 11) is 0. The first kappa shape index (κ1) is 18.6. The summed E-state index contributed by atoms with van der Waals surface area (Å²) in [4.78, 5) is 16.9. The summed E-state index contributed by atoms with van der Waals surface area (Å²) in [6, 6.07) is 17.9. The first-order chi connectivity index (χ1) is 13.6. The Bertz CT molecular complexity index is 1030. The predicted molar refractivity (Wildman–Crippen MR) is 113 cm³/mol. The van der Waals surface area contributed by atoms with E-state index in [1.807, 2.05) is 18.2 Å². The van der Waals surface area contributed by atoms with Crippen LogP contribution in [0.4, 0.5) is 11.4 Å². The molecule has 1 unspecified atom stereocenters. The van der Waals surface area contributed by atoms with Crippen LogP contribution in [-0.4, -0.2) is 28.2 Å². The lowest BCUT2D eigenvalue weighted by atomic mass is 10.1. The predicted octanol–water partition coefficient (Wildman–Crippen LogP) is 3.64. The van der Waals surface area contributed by atoms with Gasteiger partial charge in [-0.25, -0.2) is 8.93 Å². The average Bonchev–Trinajstić information content (AvgIpc) is 3.16. The summed E-state index contributed by atoms with van der Waals surface area (Å²) in [5.74, 6) is -0.235. The standard InChI is InChI=1S/C20H17ClN4O2S/c21-18-9-6-15(13-17(18)19-3-1-2-10-22-19)24-20(26)14-4-7-16(8-5-14)25-12-11-23-28(25)27/h1-10,13,23H,11-12H2,(H,24,26). The van der Waals surface area contributed by atoms with Crippen molar-refractivity contribution in [2.45, 2.75) is 0 Å². The maximum Gasteiger partial charge on any atom is 0.255 e. The van der Waals surface area contributed by atoms with Crippen LogP contribution in [0.3, 0.4) is 0 Å². The fourth-order valence-electron chi connectivity index (χ4n) is 2.92. The van der Waals surface area contributed by atoms with Gasteiger partial charge in [-0.3, -0.25) is 14.1 Å². The molecule has 2 N–H and O–H groups in total. The highest BCUT2D eigenvalue weighted by molar-refractivity contribution is 7.84. The number of nitrogens with one attached hydrogen (secondary N) is 2. The number of rotatable bonds is 4. The van der Waals surface area contributed by atoms with Crippen LogP contribution < -0.4 is 14.3 Å². The summed E-state index contributed by atoms with van der Waals surface area (Å²) in [6.45, 7) is 1.34. The first-order valence-corrected chi connectivity index (χ1v) is 10.2. The molecule has 0 saturated carbocycles. The average molecular weight is 413 g/mol. The number of hydrogen-bond donors (Lipinski definition) is 2. The lowest BCUT2D eigenvalue weighted by Gasteiger charge is -2.15. The van der Waals surface area contributed by atoms with E-state index in [4.69, 9.17) is 11.6 Å². The largest absolute Gasteiger partial charge is 0.322 e. The van der Waals surface area contributed by atoms with Crippen LogP contribution in [0, 0.1) is 0 Å². The van der Waals surface area contributed by atoms with E-state index in [2.05, 4.69) is 15.0 Å². The Labute approximate surface area is 170 Å². The smallest absolute Gasteiger partial charge is 0.255 e. The second-order valence-corrected chi connectivity index (χ2v) is 7.79. The number of hydrogen-bond acceptors (Lipinski definition) is 3. The highest BCUT2D eigenvalue weighted by Crippen LogP contribution is 2.29. The number of carbonyl (C=O) groups excluding carboxylic acids is 1. The SMILES string of the molecule is O=C(Nc1ccc(Cl)c(-c2ccccn2)c1)c1ccc(N2CCNS2=O)cc1. The molecule has 6 nitrogen and oxygen atoms in total. The molecule has 1 amide bonds. The molecule has 3 aromatic rings. The molecular weight excluding hydrogens is 396 g/mol. The van der Waals surface area contributed by atoms with Crippen molar-refractivity contribution in [3.8, 4) is 11.3 Å². The van der Waals surface area contributed by atoms with Crippen LogP contribution >= 0.6 is 11.6 Å². The molecule has 1 saturated heterocycles. The lowest BCUT2D eigenvalue weighted by molar-refractivity contribution is 0.102.